The molecular formula is C16H23NOS. The van der Waals surface area contributed by atoms with Crippen LogP contribution in [0.1, 0.15) is 19.4 Å². The molecule has 104 valence electrons. The average molecular weight is 277 g/mol. The lowest BCUT2D eigenvalue weighted by molar-refractivity contribution is -0.118. The van der Waals surface area contributed by atoms with Gasteiger partial charge in [-0.3, -0.25) is 4.79 Å². The van der Waals surface area contributed by atoms with Gasteiger partial charge in [0.2, 0.25) is 5.91 Å². The van der Waals surface area contributed by atoms with Gasteiger partial charge in [-0.1, -0.05) is 61.5 Å². The first-order chi connectivity index (χ1) is 9.06. The molecule has 0 spiro atoms. The van der Waals surface area contributed by atoms with Crippen molar-refractivity contribution in [2.24, 2.45) is 0 Å². The Hall–Kier alpha value is -1.48. The minimum absolute atomic E-state index is 0.0233. The fraction of sp³-hybridized carbons (Fsp3) is 0.312. The zero-order valence-electron chi connectivity index (χ0n) is 11.9. The van der Waals surface area contributed by atoms with E-state index in [4.69, 9.17) is 0 Å². The summed E-state index contributed by atoms with van der Waals surface area (Å²) < 4.78 is 0. The molecule has 0 aromatic heterocycles. The smallest absolute Gasteiger partial charge is 0.216 e. The van der Waals surface area contributed by atoms with E-state index in [-0.39, 0.29) is 5.91 Å². The van der Waals surface area contributed by atoms with Crippen LogP contribution in [0, 0.1) is 6.92 Å². The molecule has 0 saturated heterocycles. The number of amides is 1. The Kier molecular flexibility index (Phi) is 10.7. The lowest BCUT2D eigenvalue weighted by Gasteiger charge is -2.07. The molecule has 0 saturated carbocycles. The summed E-state index contributed by atoms with van der Waals surface area (Å²) >= 11 is 1.68. The number of nitrogens with one attached hydrogen (secondary N) is 1. The SMILES string of the molecule is C=C/C=C\SC(C)CNC(C)=O.Cc1ccccc1. The molecule has 1 aromatic carbocycles. The Morgan fingerprint density at radius 2 is 2.05 bits per heavy atom. The van der Waals surface area contributed by atoms with Crippen molar-refractivity contribution in [1.82, 2.24) is 5.32 Å². The monoisotopic (exact) mass is 277 g/mol. The number of allylic oxidation sites excluding steroid dienone is 2. The second-order valence-electron chi connectivity index (χ2n) is 4.10. The molecule has 1 N–H and O–H groups in total. The van der Waals surface area contributed by atoms with E-state index in [1.54, 1.807) is 17.8 Å². The van der Waals surface area contributed by atoms with Gasteiger partial charge in [0, 0.05) is 18.7 Å². The standard InChI is InChI=1S/C9H15NOS.C7H8/c1-4-5-6-12-8(2)7-10-9(3)11;1-7-5-3-2-4-6-7/h4-6,8H,1,7H2,2-3H3,(H,10,11);2-6H,1H3/b6-5-;. The molecule has 1 rings (SSSR count). The summed E-state index contributed by atoms with van der Waals surface area (Å²) in [6, 6.07) is 10.3. The third kappa shape index (κ3) is 12.8. The van der Waals surface area contributed by atoms with Gasteiger partial charge in [0.15, 0.2) is 0 Å². The zero-order valence-corrected chi connectivity index (χ0v) is 12.7. The molecule has 0 fully saturated rings. The first kappa shape index (κ1) is 17.5. The van der Waals surface area contributed by atoms with Gasteiger partial charge in [-0.15, -0.1) is 11.8 Å². The second-order valence-corrected chi connectivity index (χ2v) is 5.45. The van der Waals surface area contributed by atoms with Gasteiger partial charge in [-0.05, 0) is 12.3 Å². The van der Waals surface area contributed by atoms with Crippen molar-refractivity contribution >= 4 is 17.7 Å². The molecule has 1 aromatic rings. The summed E-state index contributed by atoms with van der Waals surface area (Å²) in [5.74, 6) is 0.0233. The van der Waals surface area contributed by atoms with Gasteiger partial charge in [-0.2, -0.15) is 0 Å². The van der Waals surface area contributed by atoms with E-state index >= 15 is 0 Å². The number of hydrogen-bond donors (Lipinski definition) is 1. The topological polar surface area (TPSA) is 29.1 Å². The maximum Gasteiger partial charge on any atom is 0.216 e. The molecule has 0 aliphatic rings. The normalized spacial score (nSPS) is 11.3. The molecule has 0 radical (unpaired) electrons. The van der Waals surface area contributed by atoms with Crippen molar-refractivity contribution in [2.45, 2.75) is 26.0 Å². The third-order valence-corrected chi connectivity index (χ3v) is 3.05. The van der Waals surface area contributed by atoms with Crippen LogP contribution in [-0.4, -0.2) is 17.7 Å². The minimum atomic E-state index is 0.0233. The molecule has 0 heterocycles. The van der Waals surface area contributed by atoms with Crippen LogP contribution in [0.4, 0.5) is 0 Å². The number of hydrogen-bond acceptors (Lipinski definition) is 2. The van der Waals surface area contributed by atoms with Crippen LogP contribution in [0.15, 0.2) is 54.5 Å². The molecule has 2 nitrogen and oxygen atoms in total. The van der Waals surface area contributed by atoms with Crippen LogP contribution in [0.25, 0.3) is 0 Å². The van der Waals surface area contributed by atoms with E-state index in [9.17, 15) is 4.79 Å². The fourth-order valence-corrected chi connectivity index (χ4v) is 1.75. The van der Waals surface area contributed by atoms with E-state index in [0.29, 0.717) is 11.8 Å². The minimum Gasteiger partial charge on any atom is -0.355 e. The average Bonchev–Trinajstić information content (AvgIpc) is 2.38. The van der Waals surface area contributed by atoms with Crippen molar-refractivity contribution in [1.29, 1.82) is 0 Å². The summed E-state index contributed by atoms with van der Waals surface area (Å²) in [6.45, 7) is 9.94. The van der Waals surface area contributed by atoms with Crippen molar-refractivity contribution in [3.8, 4) is 0 Å². The lowest BCUT2D eigenvalue weighted by Crippen LogP contribution is -2.26. The van der Waals surface area contributed by atoms with Crippen LogP contribution in [0.5, 0.6) is 0 Å². The zero-order chi connectivity index (χ0) is 14.5. The van der Waals surface area contributed by atoms with Crippen molar-refractivity contribution in [3.05, 3.63) is 60.0 Å². The van der Waals surface area contributed by atoms with Gasteiger partial charge < -0.3 is 5.32 Å². The summed E-state index contributed by atoms with van der Waals surface area (Å²) in [5, 5.41) is 5.13. The maximum atomic E-state index is 10.5. The molecule has 0 aliphatic carbocycles. The lowest BCUT2D eigenvalue weighted by atomic mass is 10.2. The number of benzene rings is 1. The highest BCUT2D eigenvalue weighted by Crippen LogP contribution is 2.10. The Morgan fingerprint density at radius 3 is 2.47 bits per heavy atom. The van der Waals surface area contributed by atoms with Crippen LogP contribution in [-0.2, 0) is 4.79 Å². The largest absolute Gasteiger partial charge is 0.355 e. The first-order valence-electron chi connectivity index (χ1n) is 6.25. The fourth-order valence-electron chi connectivity index (χ4n) is 1.10. The van der Waals surface area contributed by atoms with E-state index < -0.39 is 0 Å². The first-order valence-corrected chi connectivity index (χ1v) is 7.19. The third-order valence-electron chi connectivity index (χ3n) is 2.10. The van der Waals surface area contributed by atoms with E-state index in [1.165, 1.54) is 12.5 Å². The van der Waals surface area contributed by atoms with E-state index in [2.05, 4.69) is 37.9 Å². The molecular weight excluding hydrogens is 254 g/mol. The van der Waals surface area contributed by atoms with Crippen molar-refractivity contribution in [3.63, 3.8) is 0 Å². The quantitative estimate of drug-likeness (QED) is 0.826. The Labute approximate surface area is 121 Å². The molecule has 1 atom stereocenters. The van der Waals surface area contributed by atoms with Gasteiger partial charge in [0.05, 0.1) is 0 Å². The molecule has 1 amide bonds. The Balaban J connectivity index is 0.000000388. The van der Waals surface area contributed by atoms with Crippen molar-refractivity contribution < 1.29 is 4.79 Å². The van der Waals surface area contributed by atoms with Crippen LogP contribution in [0.3, 0.4) is 0 Å². The second kappa shape index (κ2) is 11.6. The van der Waals surface area contributed by atoms with Crippen LogP contribution in [0.2, 0.25) is 0 Å². The number of rotatable bonds is 5. The van der Waals surface area contributed by atoms with E-state index in [1.807, 2.05) is 29.7 Å². The van der Waals surface area contributed by atoms with Crippen LogP contribution >= 0.6 is 11.8 Å². The van der Waals surface area contributed by atoms with Gasteiger partial charge in [0.25, 0.3) is 0 Å². The number of carbonyl (C=O) groups excluding carboxylic acids is 1. The highest BCUT2D eigenvalue weighted by atomic mass is 32.2. The summed E-state index contributed by atoms with van der Waals surface area (Å²) in [6.07, 6.45) is 3.62. The maximum absolute atomic E-state index is 10.5. The predicted octanol–water partition coefficient (Wildman–Crippen LogP) is 3.94. The molecule has 3 heteroatoms. The molecule has 1 unspecified atom stereocenters. The number of thioether (sulfide) groups is 1. The molecule has 0 aliphatic heterocycles. The van der Waals surface area contributed by atoms with E-state index in [0.717, 1.165) is 0 Å². The highest BCUT2D eigenvalue weighted by molar-refractivity contribution is 8.02. The predicted molar refractivity (Wildman–Crippen MR) is 86.3 cm³/mol. The Bertz CT molecular complexity index is 387. The van der Waals surface area contributed by atoms with Crippen molar-refractivity contribution in [2.75, 3.05) is 6.54 Å². The highest BCUT2D eigenvalue weighted by Gasteiger charge is 1.99. The summed E-state index contributed by atoms with van der Waals surface area (Å²) in [4.78, 5) is 10.5. The number of carbonyl (C=O) groups is 1. The van der Waals surface area contributed by atoms with Crippen LogP contribution < -0.4 is 5.32 Å². The van der Waals surface area contributed by atoms with Gasteiger partial charge in [0.1, 0.15) is 0 Å². The molecule has 19 heavy (non-hydrogen) atoms. The van der Waals surface area contributed by atoms with Gasteiger partial charge in [-0.25, -0.2) is 0 Å². The summed E-state index contributed by atoms with van der Waals surface area (Å²) in [5.41, 5.74) is 1.32. The number of aryl methyl sites for hydroxylation is 1. The molecule has 0 bridgehead atoms. The Morgan fingerprint density at radius 1 is 1.42 bits per heavy atom. The van der Waals surface area contributed by atoms with Gasteiger partial charge >= 0.3 is 0 Å². The summed E-state index contributed by atoms with van der Waals surface area (Å²) in [7, 11) is 0.